The van der Waals surface area contributed by atoms with Crippen LogP contribution in [-0.4, -0.2) is 52.2 Å². The highest BCUT2D eigenvalue weighted by Crippen LogP contribution is 2.34. The van der Waals surface area contributed by atoms with Crippen molar-refractivity contribution >= 4 is 25.8 Å². The van der Waals surface area contributed by atoms with E-state index in [0.717, 1.165) is 18.2 Å². The van der Waals surface area contributed by atoms with Crippen LogP contribution in [0.2, 0.25) is 0 Å². The smallest absolute Gasteiger partial charge is 0.150 e. The van der Waals surface area contributed by atoms with Crippen LogP contribution in [0.5, 0.6) is 0 Å². The van der Waals surface area contributed by atoms with E-state index < -0.39 is 9.84 Å². The van der Waals surface area contributed by atoms with E-state index in [-0.39, 0.29) is 16.9 Å². The summed E-state index contributed by atoms with van der Waals surface area (Å²) in [5.41, 5.74) is -0.135. The molecule has 0 atom stereocenters. The molecule has 1 heterocycles. The molecule has 0 N–H and O–H groups in total. The van der Waals surface area contributed by atoms with Crippen LogP contribution in [0.4, 0.5) is 0 Å². The lowest BCUT2D eigenvalue weighted by atomic mass is 9.85. The summed E-state index contributed by atoms with van der Waals surface area (Å²) in [6.45, 7) is 1.84. The summed E-state index contributed by atoms with van der Waals surface area (Å²) in [5.74, 6) is 0.481. The molecule has 0 aliphatic carbocycles. The number of methoxy groups -OCH3 is 1. The summed E-state index contributed by atoms with van der Waals surface area (Å²) in [6.07, 6.45) is 2.22. The maximum absolute atomic E-state index is 12.0. The fourth-order valence-electron chi connectivity index (χ4n) is 2.08. The van der Waals surface area contributed by atoms with E-state index in [1.165, 1.54) is 0 Å². The average Bonchev–Trinajstić information content (AvgIpc) is 2.30. The van der Waals surface area contributed by atoms with Gasteiger partial charge in [0.2, 0.25) is 0 Å². The zero-order chi connectivity index (χ0) is 12.8. The van der Waals surface area contributed by atoms with Crippen LogP contribution in [0.25, 0.3) is 0 Å². The Bertz CT molecular complexity index is 309. The second-order valence-electron chi connectivity index (χ2n) is 4.68. The number of rotatable bonds is 7. The molecule has 4 nitrogen and oxygen atoms in total. The van der Waals surface area contributed by atoms with Gasteiger partial charge in [0.25, 0.3) is 0 Å². The lowest BCUT2D eigenvalue weighted by molar-refractivity contribution is 0.0367. The second-order valence-corrected chi connectivity index (χ2v) is 7.43. The Labute approximate surface area is 112 Å². The topological polar surface area (TPSA) is 52.6 Å². The number of ether oxygens (including phenoxy) is 2. The van der Waals surface area contributed by atoms with Gasteiger partial charge < -0.3 is 9.47 Å². The van der Waals surface area contributed by atoms with Crippen molar-refractivity contribution in [1.29, 1.82) is 0 Å². The fraction of sp³-hybridized carbons (Fsp3) is 1.00. The Morgan fingerprint density at radius 2 is 2.00 bits per heavy atom. The number of halogens is 1. The van der Waals surface area contributed by atoms with Crippen molar-refractivity contribution < 1.29 is 17.9 Å². The highest BCUT2D eigenvalue weighted by atomic mass is 79.9. The van der Waals surface area contributed by atoms with Gasteiger partial charge >= 0.3 is 0 Å². The molecule has 1 rings (SSSR count). The highest BCUT2D eigenvalue weighted by molar-refractivity contribution is 9.09. The Morgan fingerprint density at radius 1 is 1.35 bits per heavy atom. The molecule has 102 valence electrons. The van der Waals surface area contributed by atoms with E-state index in [4.69, 9.17) is 9.47 Å². The molecule has 0 radical (unpaired) electrons. The second kappa shape index (κ2) is 7.07. The third-order valence-corrected chi connectivity index (χ3v) is 6.32. The van der Waals surface area contributed by atoms with Crippen molar-refractivity contribution in [2.75, 3.05) is 43.8 Å². The van der Waals surface area contributed by atoms with Crippen LogP contribution < -0.4 is 0 Å². The minimum absolute atomic E-state index is 0.135. The molecule has 0 unspecified atom stereocenters. The van der Waals surface area contributed by atoms with Crippen LogP contribution in [0.15, 0.2) is 0 Å². The third-order valence-electron chi connectivity index (χ3n) is 3.17. The SMILES string of the molecule is COCCCS(=O)(=O)CC1(CBr)CCOCC1. The average molecular weight is 329 g/mol. The van der Waals surface area contributed by atoms with Crippen molar-refractivity contribution in [3.05, 3.63) is 0 Å². The molecule has 1 saturated heterocycles. The van der Waals surface area contributed by atoms with Crippen molar-refractivity contribution in [2.24, 2.45) is 5.41 Å². The van der Waals surface area contributed by atoms with Gasteiger partial charge in [0, 0.05) is 32.3 Å². The standard InChI is InChI=1S/C11H21BrO4S/c1-15-5-2-8-17(13,14)10-11(9-12)3-6-16-7-4-11/h2-10H2,1H3. The molecular formula is C11H21BrO4S. The molecule has 0 aromatic heterocycles. The van der Waals surface area contributed by atoms with Crippen LogP contribution in [0, 0.1) is 5.41 Å². The summed E-state index contributed by atoms with van der Waals surface area (Å²) in [6, 6.07) is 0. The zero-order valence-corrected chi connectivity index (χ0v) is 12.7. The summed E-state index contributed by atoms with van der Waals surface area (Å²) in [5, 5.41) is 0.729. The molecule has 1 aliphatic rings. The fourth-order valence-corrected chi connectivity index (χ4v) is 5.13. The first kappa shape index (κ1) is 15.4. The van der Waals surface area contributed by atoms with Crippen LogP contribution >= 0.6 is 15.9 Å². The van der Waals surface area contributed by atoms with Crippen molar-refractivity contribution in [3.8, 4) is 0 Å². The molecule has 0 bridgehead atoms. The minimum atomic E-state index is -2.99. The molecular weight excluding hydrogens is 308 g/mol. The summed E-state index contributed by atoms with van der Waals surface area (Å²) >= 11 is 3.46. The van der Waals surface area contributed by atoms with Crippen LogP contribution in [-0.2, 0) is 19.3 Å². The van der Waals surface area contributed by atoms with Gasteiger partial charge in [-0.25, -0.2) is 8.42 Å². The molecule has 6 heteroatoms. The van der Waals surface area contributed by atoms with E-state index in [0.29, 0.717) is 26.2 Å². The molecule has 0 spiro atoms. The van der Waals surface area contributed by atoms with Crippen LogP contribution in [0.1, 0.15) is 19.3 Å². The molecule has 1 fully saturated rings. The van der Waals surface area contributed by atoms with E-state index >= 15 is 0 Å². The largest absolute Gasteiger partial charge is 0.385 e. The summed E-state index contributed by atoms with van der Waals surface area (Å²) in [4.78, 5) is 0. The van der Waals surface area contributed by atoms with Crippen molar-refractivity contribution in [2.45, 2.75) is 19.3 Å². The van der Waals surface area contributed by atoms with Gasteiger partial charge in [-0.1, -0.05) is 15.9 Å². The normalized spacial score (nSPS) is 20.4. The van der Waals surface area contributed by atoms with E-state index in [1.54, 1.807) is 7.11 Å². The molecule has 0 saturated carbocycles. The predicted molar refractivity (Wildman–Crippen MR) is 71.4 cm³/mol. The Balaban J connectivity index is 2.54. The van der Waals surface area contributed by atoms with Crippen LogP contribution in [0.3, 0.4) is 0 Å². The monoisotopic (exact) mass is 328 g/mol. The first-order valence-corrected chi connectivity index (χ1v) is 8.81. The van der Waals surface area contributed by atoms with Gasteiger partial charge in [0.05, 0.1) is 11.5 Å². The van der Waals surface area contributed by atoms with Crippen molar-refractivity contribution in [1.82, 2.24) is 0 Å². The predicted octanol–water partition coefficient (Wildman–Crippen LogP) is 1.63. The number of hydrogen-bond acceptors (Lipinski definition) is 4. The lowest BCUT2D eigenvalue weighted by Gasteiger charge is -2.35. The Hall–Kier alpha value is 0.350. The highest BCUT2D eigenvalue weighted by Gasteiger charge is 2.36. The Kier molecular flexibility index (Phi) is 6.40. The van der Waals surface area contributed by atoms with Gasteiger partial charge in [-0.05, 0) is 24.7 Å². The first-order chi connectivity index (χ1) is 8.04. The number of hydrogen-bond donors (Lipinski definition) is 0. The maximum atomic E-state index is 12.0. The molecule has 0 aromatic carbocycles. The van der Waals surface area contributed by atoms with E-state index in [2.05, 4.69) is 15.9 Å². The molecule has 0 amide bonds. The van der Waals surface area contributed by atoms with E-state index in [9.17, 15) is 8.42 Å². The van der Waals surface area contributed by atoms with Gasteiger partial charge in [-0.15, -0.1) is 0 Å². The van der Waals surface area contributed by atoms with Gasteiger partial charge in [-0.3, -0.25) is 0 Å². The third kappa shape index (κ3) is 5.24. The van der Waals surface area contributed by atoms with Gasteiger partial charge in [0.15, 0.2) is 9.84 Å². The number of sulfone groups is 1. The lowest BCUT2D eigenvalue weighted by Crippen LogP contribution is -2.38. The quantitative estimate of drug-likeness (QED) is 0.526. The first-order valence-electron chi connectivity index (χ1n) is 5.87. The zero-order valence-electron chi connectivity index (χ0n) is 10.3. The Morgan fingerprint density at radius 3 is 2.53 bits per heavy atom. The van der Waals surface area contributed by atoms with Gasteiger partial charge in [-0.2, -0.15) is 0 Å². The molecule has 0 aromatic rings. The molecule has 17 heavy (non-hydrogen) atoms. The minimum Gasteiger partial charge on any atom is -0.385 e. The molecule has 1 aliphatic heterocycles. The summed E-state index contributed by atoms with van der Waals surface area (Å²) in [7, 11) is -1.40. The summed E-state index contributed by atoms with van der Waals surface area (Å²) < 4.78 is 34.2. The van der Waals surface area contributed by atoms with Crippen molar-refractivity contribution in [3.63, 3.8) is 0 Å². The maximum Gasteiger partial charge on any atom is 0.150 e. The van der Waals surface area contributed by atoms with E-state index in [1.807, 2.05) is 0 Å². The van der Waals surface area contributed by atoms with Gasteiger partial charge in [0.1, 0.15) is 0 Å². The number of alkyl halides is 1.